The van der Waals surface area contributed by atoms with E-state index in [2.05, 4.69) is 19.2 Å². The van der Waals surface area contributed by atoms with Gasteiger partial charge in [-0.1, -0.05) is 64.7 Å². The average molecular weight is 243 g/mol. The standard InChI is InChI=1S/C15H33NO/c1-3-4-5-6-7-8-9-10-11-12-15(2)16-13-14-17/h15-17H,3-14H2,1-2H3. The Bertz CT molecular complexity index is 139. The minimum absolute atomic E-state index is 0.252. The lowest BCUT2D eigenvalue weighted by molar-refractivity contribution is 0.283. The van der Waals surface area contributed by atoms with Crippen molar-refractivity contribution in [3.63, 3.8) is 0 Å². The number of rotatable bonds is 13. The number of nitrogens with one attached hydrogen (secondary N) is 1. The van der Waals surface area contributed by atoms with Crippen LogP contribution in [0.5, 0.6) is 0 Å². The van der Waals surface area contributed by atoms with Gasteiger partial charge in [-0.25, -0.2) is 0 Å². The molecule has 0 heterocycles. The van der Waals surface area contributed by atoms with Gasteiger partial charge in [0.15, 0.2) is 0 Å². The molecule has 0 fully saturated rings. The van der Waals surface area contributed by atoms with E-state index in [0.717, 1.165) is 6.54 Å². The van der Waals surface area contributed by atoms with Gasteiger partial charge in [-0.3, -0.25) is 0 Å². The summed E-state index contributed by atoms with van der Waals surface area (Å²) in [5.41, 5.74) is 0. The maximum absolute atomic E-state index is 8.68. The molecule has 0 radical (unpaired) electrons. The fourth-order valence-corrected chi connectivity index (χ4v) is 2.17. The molecular weight excluding hydrogens is 210 g/mol. The van der Waals surface area contributed by atoms with Crippen molar-refractivity contribution in [2.45, 2.75) is 84.1 Å². The third-order valence-electron chi connectivity index (χ3n) is 3.35. The number of hydrogen-bond donors (Lipinski definition) is 2. The fraction of sp³-hybridized carbons (Fsp3) is 1.00. The summed E-state index contributed by atoms with van der Waals surface area (Å²) in [5, 5.41) is 12.0. The van der Waals surface area contributed by atoms with Gasteiger partial charge in [0.2, 0.25) is 0 Å². The molecule has 17 heavy (non-hydrogen) atoms. The summed E-state index contributed by atoms with van der Waals surface area (Å²) in [7, 11) is 0. The molecule has 0 saturated heterocycles. The van der Waals surface area contributed by atoms with E-state index in [1.807, 2.05) is 0 Å². The largest absolute Gasteiger partial charge is 0.395 e. The van der Waals surface area contributed by atoms with E-state index < -0.39 is 0 Å². The van der Waals surface area contributed by atoms with Crippen LogP contribution in [0.4, 0.5) is 0 Å². The Morgan fingerprint density at radius 1 is 0.882 bits per heavy atom. The van der Waals surface area contributed by atoms with Crippen LogP contribution in [0.2, 0.25) is 0 Å². The zero-order chi connectivity index (χ0) is 12.8. The van der Waals surface area contributed by atoms with Gasteiger partial charge in [0.05, 0.1) is 6.61 Å². The summed E-state index contributed by atoms with van der Waals surface area (Å²) in [6.07, 6.45) is 13.8. The Hall–Kier alpha value is -0.0800. The maximum atomic E-state index is 8.68. The molecule has 0 aromatic rings. The van der Waals surface area contributed by atoms with Gasteiger partial charge in [0.1, 0.15) is 0 Å². The Labute approximate surface area is 108 Å². The molecule has 2 nitrogen and oxygen atoms in total. The van der Waals surface area contributed by atoms with Crippen LogP contribution in [0.3, 0.4) is 0 Å². The molecule has 1 unspecified atom stereocenters. The first-order chi connectivity index (χ1) is 8.31. The van der Waals surface area contributed by atoms with Crippen LogP contribution < -0.4 is 5.32 Å². The monoisotopic (exact) mass is 243 g/mol. The molecule has 1 atom stereocenters. The van der Waals surface area contributed by atoms with Crippen molar-refractivity contribution in [3.8, 4) is 0 Å². The van der Waals surface area contributed by atoms with Crippen LogP contribution in [0.25, 0.3) is 0 Å². The van der Waals surface area contributed by atoms with Crippen molar-refractivity contribution < 1.29 is 5.11 Å². The van der Waals surface area contributed by atoms with Crippen molar-refractivity contribution in [1.29, 1.82) is 0 Å². The van der Waals surface area contributed by atoms with E-state index in [9.17, 15) is 0 Å². The van der Waals surface area contributed by atoms with Gasteiger partial charge in [-0.05, 0) is 13.3 Å². The van der Waals surface area contributed by atoms with Crippen molar-refractivity contribution in [1.82, 2.24) is 5.32 Å². The van der Waals surface area contributed by atoms with Crippen molar-refractivity contribution in [3.05, 3.63) is 0 Å². The first-order valence-corrected chi connectivity index (χ1v) is 7.65. The minimum Gasteiger partial charge on any atom is -0.395 e. The van der Waals surface area contributed by atoms with Crippen LogP contribution in [0, 0.1) is 0 Å². The highest BCUT2D eigenvalue weighted by Crippen LogP contribution is 2.11. The van der Waals surface area contributed by atoms with Crippen LogP contribution in [0.1, 0.15) is 78.1 Å². The first kappa shape index (κ1) is 16.9. The SMILES string of the molecule is CCCCCCCCCCCC(C)NCCO. The number of unbranched alkanes of at least 4 members (excludes halogenated alkanes) is 8. The minimum atomic E-state index is 0.252. The summed E-state index contributed by atoms with van der Waals surface area (Å²) in [6.45, 7) is 5.47. The second-order valence-electron chi connectivity index (χ2n) is 5.20. The third-order valence-corrected chi connectivity index (χ3v) is 3.35. The summed E-state index contributed by atoms with van der Waals surface area (Å²) in [5.74, 6) is 0. The van der Waals surface area contributed by atoms with Crippen molar-refractivity contribution >= 4 is 0 Å². The molecule has 104 valence electrons. The zero-order valence-corrected chi connectivity index (χ0v) is 12.0. The summed E-state index contributed by atoms with van der Waals surface area (Å²) < 4.78 is 0. The lowest BCUT2D eigenvalue weighted by Crippen LogP contribution is -2.28. The smallest absolute Gasteiger partial charge is 0.0556 e. The maximum Gasteiger partial charge on any atom is 0.0556 e. The lowest BCUT2D eigenvalue weighted by Gasteiger charge is -2.12. The van der Waals surface area contributed by atoms with E-state index in [1.165, 1.54) is 64.2 Å². The highest BCUT2D eigenvalue weighted by atomic mass is 16.3. The molecule has 0 aromatic carbocycles. The molecule has 0 saturated carbocycles. The predicted molar refractivity (Wildman–Crippen MR) is 76.4 cm³/mol. The van der Waals surface area contributed by atoms with E-state index in [1.54, 1.807) is 0 Å². The molecule has 2 N–H and O–H groups in total. The molecule has 0 rings (SSSR count). The van der Waals surface area contributed by atoms with E-state index >= 15 is 0 Å². The molecule has 0 amide bonds. The normalized spacial score (nSPS) is 12.9. The molecule has 0 aliphatic carbocycles. The van der Waals surface area contributed by atoms with Crippen LogP contribution >= 0.6 is 0 Å². The van der Waals surface area contributed by atoms with E-state index in [0.29, 0.717) is 6.04 Å². The average Bonchev–Trinajstić information content (AvgIpc) is 2.34. The van der Waals surface area contributed by atoms with Crippen LogP contribution in [0.15, 0.2) is 0 Å². The predicted octanol–water partition coefficient (Wildman–Crippen LogP) is 3.88. The Balaban J connectivity index is 3.02. The highest BCUT2D eigenvalue weighted by molar-refractivity contribution is 4.60. The number of hydrogen-bond acceptors (Lipinski definition) is 2. The topological polar surface area (TPSA) is 32.3 Å². The number of aliphatic hydroxyl groups is 1. The molecule has 0 spiro atoms. The quantitative estimate of drug-likeness (QED) is 0.481. The molecule has 0 aliphatic heterocycles. The molecule has 0 aromatic heterocycles. The fourth-order valence-electron chi connectivity index (χ4n) is 2.17. The van der Waals surface area contributed by atoms with Gasteiger partial charge in [-0.2, -0.15) is 0 Å². The summed E-state index contributed by atoms with van der Waals surface area (Å²) >= 11 is 0. The third kappa shape index (κ3) is 13.9. The second-order valence-corrected chi connectivity index (χ2v) is 5.20. The van der Waals surface area contributed by atoms with Gasteiger partial charge in [0, 0.05) is 12.6 Å². The van der Waals surface area contributed by atoms with Crippen LogP contribution in [-0.4, -0.2) is 24.3 Å². The van der Waals surface area contributed by atoms with Gasteiger partial charge >= 0.3 is 0 Å². The summed E-state index contributed by atoms with van der Waals surface area (Å²) in [6, 6.07) is 0.562. The van der Waals surface area contributed by atoms with Gasteiger partial charge in [-0.15, -0.1) is 0 Å². The van der Waals surface area contributed by atoms with Gasteiger partial charge < -0.3 is 10.4 Å². The first-order valence-electron chi connectivity index (χ1n) is 7.65. The molecule has 0 bridgehead atoms. The van der Waals surface area contributed by atoms with Crippen molar-refractivity contribution in [2.75, 3.05) is 13.2 Å². The Morgan fingerprint density at radius 3 is 1.94 bits per heavy atom. The Morgan fingerprint density at radius 2 is 1.41 bits per heavy atom. The number of aliphatic hydroxyl groups excluding tert-OH is 1. The molecule has 0 aliphatic rings. The molecular formula is C15H33NO. The van der Waals surface area contributed by atoms with E-state index in [4.69, 9.17) is 5.11 Å². The Kier molecular flexibility index (Phi) is 13.9. The molecule has 2 heteroatoms. The summed E-state index contributed by atoms with van der Waals surface area (Å²) in [4.78, 5) is 0. The van der Waals surface area contributed by atoms with Gasteiger partial charge in [0.25, 0.3) is 0 Å². The van der Waals surface area contributed by atoms with Crippen molar-refractivity contribution in [2.24, 2.45) is 0 Å². The highest BCUT2D eigenvalue weighted by Gasteiger charge is 1.99. The lowest BCUT2D eigenvalue weighted by atomic mass is 10.0. The zero-order valence-electron chi connectivity index (χ0n) is 12.0. The van der Waals surface area contributed by atoms with Crippen LogP contribution in [-0.2, 0) is 0 Å². The second kappa shape index (κ2) is 14.0. The van der Waals surface area contributed by atoms with E-state index in [-0.39, 0.29) is 6.61 Å².